The van der Waals surface area contributed by atoms with Crippen LogP contribution >= 0.6 is 24.0 Å². The summed E-state index contributed by atoms with van der Waals surface area (Å²) in [6.45, 7) is 10.8. The van der Waals surface area contributed by atoms with E-state index < -0.39 is 0 Å². The van der Waals surface area contributed by atoms with Gasteiger partial charge in [0.1, 0.15) is 0 Å². The maximum absolute atomic E-state index is 4.83. The number of nitrogens with zero attached hydrogens (tertiary/aromatic N) is 4. The molecule has 5 nitrogen and oxygen atoms in total. The third kappa shape index (κ3) is 8.68. The molecule has 0 bridgehead atoms. The zero-order valence-corrected chi connectivity index (χ0v) is 19.0. The molecule has 0 saturated carbocycles. The standard InChI is InChI=1S/C20H35N5.HI/c1-4-21-20(24(3)18-19-10-6-5-7-11-19)22-12-8-14-25-15-9-13-23(2)16-17-25;/h5-7,10-11H,4,8-9,12-18H2,1-3H3,(H,21,22);1H. The van der Waals surface area contributed by atoms with Gasteiger partial charge in [-0.05, 0) is 52.0 Å². The SMILES string of the molecule is CCNC(=NCCCN1CCCN(C)CC1)N(C)Cc1ccccc1.I. The topological polar surface area (TPSA) is 34.1 Å². The van der Waals surface area contributed by atoms with Gasteiger partial charge in [-0.25, -0.2) is 0 Å². The van der Waals surface area contributed by atoms with Crippen LogP contribution in [0.4, 0.5) is 0 Å². The Morgan fingerprint density at radius 3 is 2.65 bits per heavy atom. The number of hydrogen-bond acceptors (Lipinski definition) is 3. The summed E-state index contributed by atoms with van der Waals surface area (Å²) < 4.78 is 0. The van der Waals surface area contributed by atoms with Crippen molar-refractivity contribution in [3.05, 3.63) is 35.9 Å². The minimum Gasteiger partial charge on any atom is -0.357 e. The van der Waals surface area contributed by atoms with E-state index in [0.717, 1.165) is 38.6 Å². The lowest BCUT2D eigenvalue weighted by molar-refractivity contribution is 0.275. The Hall–Kier alpha value is -0.860. The molecule has 6 heteroatoms. The third-order valence-corrected chi connectivity index (χ3v) is 4.67. The second-order valence-corrected chi connectivity index (χ2v) is 6.93. The molecule has 1 aliphatic heterocycles. The zero-order valence-electron chi connectivity index (χ0n) is 16.7. The molecule has 2 rings (SSSR count). The Morgan fingerprint density at radius 1 is 1.15 bits per heavy atom. The molecular formula is C20H36IN5. The van der Waals surface area contributed by atoms with Crippen LogP contribution in [-0.2, 0) is 6.54 Å². The van der Waals surface area contributed by atoms with Crippen molar-refractivity contribution < 1.29 is 0 Å². The fourth-order valence-corrected chi connectivity index (χ4v) is 3.20. The van der Waals surface area contributed by atoms with E-state index >= 15 is 0 Å². The van der Waals surface area contributed by atoms with Gasteiger partial charge in [0, 0.05) is 39.8 Å². The van der Waals surface area contributed by atoms with Crippen LogP contribution in [0.25, 0.3) is 0 Å². The van der Waals surface area contributed by atoms with Crippen molar-refractivity contribution in [1.29, 1.82) is 0 Å². The van der Waals surface area contributed by atoms with Gasteiger partial charge in [0.2, 0.25) is 0 Å². The predicted molar refractivity (Wildman–Crippen MR) is 122 cm³/mol. The summed E-state index contributed by atoms with van der Waals surface area (Å²) in [7, 11) is 4.33. The first-order valence-corrected chi connectivity index (χ1v) is 9.63. The van der Waals surface area contributed by atoms with Crippen molar-refractivity contribution in [2.75, 3.05) is 59.9 Å². The Morgan fingerprint density at radius 2 is 1.92 bits per heavy atom. The molecule has 0 unspecified atom stereocenters. The first-order chi connectivity index (χ1) is 12.2. The molecule has 1 fully saturated rings. The lowest BCUT2D eigenvalue weighted by Gasteiger charge is -2.23. The zero-order chi connectivity index (χ0) is 17.9. The van der Waals surface area contributed by atoms with Gasteiger partial charge in [0.05, 0.1) is 0 Å². The van der Waals surface area contributed by atoms with Crippen molar-refractivity contribution in [3.63, 3.8) is 0 Å². The number of benzene rings is 1. The van der Waals surface area contributed by atoms with Crippen molar-refractivity contribution in [2.24, 2.45) is 4.99 Å². The largest absolute Gasteiger partial charge is 0.357 e. The number of nitrogens with one attached hydrogen (secondary N) is 1. The molecule has 0 aromatic heterocycles. The van der Waals surface area contributed by atoms with Gasteiger partial charge in [-0.15, -0.1) is 24.0 Å². The normalized spacial score (nSPS) is 16.7. The smallest absolute Gasteiger partial charge is 0.193 e. The fourth-order valence-electron chi connectivity index (χ4n) is 3.20. The Balaban J connectivity index is 0.00000338. The number of aliphatic imine (C=N–C) groups is 1. The molecule has 1 N–H and O–H groups in total. The molecule has 1 saturated heterocycles. The highest BCUT2D eigenvalue weighted by Crippen LogP contribution is 2.04. The van der Waals surface area contributed by atoms with Crippen molar-refractivity contribution in [1.82, 2.24) is 20.0 Å². The summed E-state index contributed by atoms with van der Waals surface area (Å²) in [5.41, 5.74) is 1.31. The summed E-state index contributed by atoms with van der Waals surface area (Å²) in [5, 5.41) is 3.41. The lowest BCUT2D eigenvalue weighted by atomic mass is 10.2. The first kappa shape index (κ1) is 23.2. The van der Waals surface area contributed by atoms with Gasteiger partial charge < -0.3 is 20.0 Å². The number of guanidine groups is 1. The molecule has 0 aliphatic carbocycles. The van der Waals surface area contributed by atoms with E-state index in [4.69, 9.17) is 4.99 Å². The second-order valence-electron chi connectivity index (χ2n) is 6.93. The van der Waals surface area contributed by atoms with Crippen LogP contribution in [-0.4, -0.2) is 80.6 Å². The summed E-state index contributed by atoms with van der Waals surface area (Å²) in [4.78, 5) is 12.0. The van der Waals surface area contributed by atoms with Crippen LogP contribution in [0.1, 0.15) is 25.3 Å². The summed E-state index contributed by atoms with van der Waals surface area (Å²) in [5.74, 6) is 1.00. The molecule has 0 atom stereocenters. The van der Waals surface area contributed by atoms with Gasteiger partial charge in [-0.3, -0.25) is 4.99 Å². The molecule has 1 aromatic carbocycles. The van der Waals surface area contributed by atoms with E-state index in [1.165, 1.54) is 38.2 Å². The molecular weight excluding hydrogens is 437 g/mol. The summed E-state index contributed by atoms with van der Waals surface area (Å²) >= 11 is 0. The van der Waals surface area contributed by atoms with Gasteiger partial charge in [0.15, 0.2) is 5.96 Å². The monoisotopic (exact) mass is 473 g/mol. The third-order valence-electron chi connectivity index (χ3n) is 4.67. The maximum atomic E-state index is 4.83. The van der Waals surface area contributed by atoms with Crippen molar-refractivity contribution in [2.45, 2.75) is 26.3 Å². The quantitative estimate of drug-likeness (QED) is 0.286. The minimum atomic E-state index is 0. The highest BCUT2D eigenvalue weighted by atomic mass is 127. The molecule has 0 amide bonds. The highest BCUT2D eigenvalue weighted by Gasteiger charge is 2.11. The van der Waals surface area contributed by atoms with Crippen LogP contribution < -0.4 is 5.32 Å². The number of likely N-dealkylation sites (N-methyl/N-ethyl adjacent to an activating group) is 1. The minimum absolute atomic E-state index is 0. The van der Waals surface area contributed by atoms with Gasteiger partial charge in [0.25, 0.3) is 0 Å². The van der Waals surface area contributed by atoms with E-state index in [9.17, 15) is 0 Å². The van der Waals surface area contributed by atoms with E-state index in [1.54, 1.807) is 0 Å². The van der Waals surface area contributed by atoms with Gasteiger partial charge in [-0.1, -0.05) is 30.3 Å². The average Bonchev–Trinajstić information content (AvgIpc) is 2.83. The molecule has 0 radical (unpaired) electrons. The molecule has 0 spiro atoms. The van der Waals surface area contributed by atoms with E-state index in [1.807, 2.05) is 0 Å². The lowest BCUT2D eigenvalue weighted by Crippen LogP contribution is -2.38. The highest BCUT2D eigenvalue weighted by molar-refractivity contribution is 14.0. The predicted octanol–water partition coefficient (Wildman–Crippen LogP) is 2.73. The maximum Gasteiger partial charge on any atom is 0.193 e. The fraction of sp³-hybridized carbons (Fsp3) is 0.650. The number of rotatable bonds is 7. The first-order valence-electron chi connectivity index (χ1n) is 9.63. The Labute approximate surface area is 176 Å². The van der Waals surface area contributed by atoms with Gasteiger partial charge in [-0.2, -0.15) is 0 Å². The molecule has 26 heavy (non-hydrogen) atoms. The summed E-state index contributed by atoms with van der Waals surface area (Å²) in [6, 6.07) is 10.6. The van der Waals surface area contributed by atoms with Crippen LogP contribution in [0.15, 0.2) is 35.3 Å². The van der Waals surface area contributed by atoms with Crippen LogP contribution in [0.3, 0.4) is 0 Å². The van der Waals surface area contributed by atoms with E-state index in [2.05, 4.69) is 71.4 Å². The van der Waals surface area contributed by atoms with Crippen molar-refractivity contribution in [3.8, 4) is 0 Å². The van der Waals surface area contributed by atoms with Crippen molar-refractivity contribution >= 4 is 29.9 Å². The van der Waals surface area contributed by atoms with Crippen LogP contribution in [0.5, 0.6) is 0 Å². The molecule has 1 aliphatic rings. The van der Waals surface area contributed by atoms with E-state index in [0.29, 0.717) is 0 Å². The molecule has 1 aromatic rings. The summed E-state index contributed by atoms with van der Waals surface area (Å²) in [6.07, 6.45) is 2.40. The molecule has 1 heterocycles. The second kappa shape index (κ2) is 13.3. The average molecular weight is 473 g/mol. The van der Waals surface area contributed by atoms with Crippen LogP contribution in [0, 0.1) is 0 Å². The van der Waals surface area contributed by atoms with Crippen LogP contribution in [0.2, 0.25) is 0 Å². The Kier molecular flexibility index (Phi) is 11.9. The Bertz CT molecular complexity index is 508. The van der Waals surface area contributed by atoms with Gasteiger partial charge >= 0.3 is 0 Å². The number of hydrogen-bond donors (Lipinski definition) is 1. The number of halogens is 1. The van der Waals surface area contributed by atoms with E-state index in [-0.39, 0.29) is 24.0 Å². The molecule has 148 valence electrons.